The third kappa shape index (κ3) is 3.78. The number of hydrogen-bond donors (Lipinski definition) is 1. The van der Waals surface area contributed by atoms with Gasteiger partial charge in [0.2, 0.25) is 5.89 Å². The number of aliphatic hydroxyl groups is 1. The van der Waals surface area contributed by atoms with E-state index in [-0.39, 0.29) is 6.10 Å². The molecule has 1 fully saturated rings. The van der Waals surface area contributed by atoms with Gasteiger partial charge in [0.15, 0.2) is 5.82 Å². The van der Waals surface area contributed by atoms with Gasteiger partial charge in [-0.15, -0.1) is 0 Å². The van der Waals surface area contributed by atoms with Gasteiger partial charge in [-0.25, -0.2) is 0 Å². The van der Waals surface area contributed by atoms with Crippen LogP contribution in [0.3, 0.4) is 0 Å². The molecule has 5 heteroatoms. The van der Waals surface area contributed by atoms with E-state index >= 15 is 0 Å². The Morgan fingerprint density at radius 1 is 1.53 bits per heavy atom. The van der Waals surface area contributed by atoms with Gasteiger partial charge in [-0.05, 0) is 18.8 Å². The van der Waals surface area contributed by atoms with Gasteiger partial charge in [0.25, 0.3) is 0 Å². The Bertz CT molecular complexity index is 334. The molecule has 1 N–H and O–H groups in total. The molecule has 0 radical (unpaired) electrons. The van der Waals surface area contributed by atoms with Gasteiger partial charge >= 0.3 is 0 Å². The van der Waals surface area contributed by atoms with E-state index in [1.165, 1.54) is 0 Å². The average Bonchev–Trinajstić information content (AvgIpc) is 2.91. The van der Waals surface area contributed by atoms with Gasteiger partial charge in [-0.3, -0.25) is 0 Å². The summed E-state index contributed by atoms with van der Waals surface area (Å²) in [7, 11) is 0. The maximum atomic E-state index is 9.65. The Morgan fingerprint density at radius 2 is 2.41 bits per heavy atom. The standard InChI is InChI=1S/C12H20N2O3/c1-2-3-10(15)7-12-13-11(14-17-12)6-9-4-5-16-8-9/h9-10,15H,2-8H2,1H3. The van der Waals surface area contributed by atoms with Crippen molar-refractivity contribution in [2.24, 2.45) is 5.92 Å². The molecule has 5 nitrogen and oxygen atoms in total. The highest BCUT2D eigenvalue weighted by atomic mass is 16.5. The Morgan fingerprint density at radius 3 is 3.12 bits per heavy atom. The highest BCUT2D eigenvalue weighted by molar-refractivity contribution is 4.90. The lowest BCUT2D eigenvalue weighted by Gasteiger charge is -2.04. The Hall–Kier alpha value is -0.940. The first kappa shape index (κ1) is 12.5. The number of hydrogen-bond acceptors (Lipinski definition) is 5. The summed E-state index contributed by atoms with van der Waals surface area (Å²) in [5.74, 6) is 1.79. The van der Waals surface area contributed by atoms with E-state index in [4.69, 9.17) is 9.26 Å². The average molecular weight is 240 g/mol. The smallest absolute Gasteiger partial charge is 0.229 e. The number of rotatable bonds is 6. The van der Waals surface area contributed by atoms with E-state index in [2.05, 4.69) is 10.1 Å². The van der Waals surface area contributed by atoms with Crippen molar-refractivity contribution >= 4 is 0 Å². The Labute approximate surface area is 101 Å². The summed E-state index contributed by atoms with van der Waals surface area (Å²) in [6.45, 7) is 3.68. The second-order valence-corrected chi connectivity index (χ2v) is 4.68. The second kappa shape index (κ2) is 6.12. The van der Waals surface area contributed by atoms with Crippen molar-refractivity contribution in [3.05, 3.63) is 11.7 Å². The fourth-order valence-electron chi connectivity index (χ4n) is 2.10. The lowest BCUT2D eigenvalue weighted by Crippen LogP contribution is -2.10. The molecule has 1 aromatic heterocycles. The van der Waals surface area contributed by atoms with Crippen LogP contribution in [0.1, 0.15) is 37.9 Å². The molecular formula is C12H20N2O3. The van der Waals surface area contributed by atoms with Crippen LogP contribution in [0.15, 0.2) is 4.52 Å². The zero-order valence-electron chi connectivity index (χ0n) is 10.3. The number of aromatic nitrogens is 2. The predicted molar refractivity (Wildman–Crippen MR) is 61.5 cm³/mol. The zero-order valence-corrected chi connectivity index (χ0v) is 10.3. The summed E-state index contributed by atoms with van der Waals surface area (Å²) in [5.41, 5.74) is 0. The normalized spacial score (nSPS) is 21.9. The molecule has 0 amide bonds. The molecule has 2 rings (SSSR count). The lowest BCUT2D eigenvalue weighted by atomic mass is 10.1. The maximum absolute atomic E-state index is 9.65. The fourth-order valence-corrected chi connectivity index (χ4v) is 2.10. The topological polar surface area (TPSA) is 68.4 Å². The Balaban J connectivity index is 1.82. The minimum atomic E-state index is -0.372. The highest BCUT2D eigenvalue weighted by Gasteiger charge is 2.19. The molecule has 96 valence electrons. The van der Waals surface area contributed by atoms with E-state index in [0.29, 0.717) is 18.2 Å². The fraction of sp³-hybridized carbons (Fsp3) is 0.833. The number of nitrogens with zero attached hydrogens (tertiary/aromatic N) is 2. The molecule has 0 aliphatic carbocycles. The van der Waals surface area contributed by atoms with Crippen molar-refractivity contribution in [1.82, 2.24) is 10.1 Å². The van der Waals surface area contributed by atoms with E-state index in [9.17, 15) is 5.11 Å². The van der Waals surface area contributed by atoms with E-state index < -0.39 is 0 Å². The third-order valence-electron chi connectivity index (χ3n) is 3.04. The molecule has 1 aromatic rings. The maximum Gasteiger partial charge on any atom is 0.229 e. The van der Waals surface area contributed by atoms with Crippen molar-refractivity contribution in [3.8, 4) is 0 Å². The van der Waals surface area contributed by atoms with E-state index in [0.717, 1.165) is 44.7 Å². The van der Waals surface area contributed by atoms with Crippen molar-refractivity contribution in [3.63, 3.8) is 0 Å². The first-order valence-electron chi connectivity index (χ1n) is 6.35. The summed E-state index contributed by atoms with van der Waals surface area (Å²) in [5, 5.41) is 13.6. The minimum absolute atomic E-state index is 0.372. The van der Waals surface area contributed by atoms with Crippen molar-refractivity contribution in [1.29, 1.82) is 0 Å². The monoisotopic (exact) mass is 240 g/mol. The second-order valence-electron chi connectivity index (χ2n) is 4.68. The molecule has 2 unspecified atom stereocenters. The minimum Gasteiger partial charge on any atom is -0.393 e. The van der Waals surface area contributed by atoms with Gasteiger partial charge < -0.3 is 14.4 Å². The summed E-state index contributed by atoms with van der Waals surface area (Å²) < 4.78 is 10.4. The third-order valence-corrected chi connectivity index (χ3v) is 3.04. The van der Waals surface area contributed by atoms with Crippen LogP contribution in [-0.2, 0) is 17.6 Å². The molecule has 2 heterocycles. The molecule has 1 aliphatic rings. The highest BCUT2D eigenvalue weighted by Crippen LogP contribution is 2.17. The molecule has 0 aromatic carbocycles. The van der Waals surface area contributed by atoms with Crippen LogP contribution in [0.5, 0.6) is 0 Å². The molecule has 0 saturated carbocycles. The number of aliphatic hydroxyl groups excluding tert-OH is 1. The molecule has 2 atom stereocenters. The SMILES string of the molecule is CCCC(O)Cc1nc(CC2CCOC2)no1. The zero-order chi connectivity index (χ0) is 12.1. The summed E-state index contributed by atoms with van der Waals surface area (Å²) >= 11 is 0. The van der Waals surface area contributed by atoms with Crippen LogP contribution in [0.4, 0.5) is 0 Å². The van der Waals surface area contributed by atoms with Gasteiger partial charge in [-0.2, -0.15) is 4.98 Å². The summed E-state index contributed by atoms with van der Waals surface area (Å²) in [6, 6.07) is 0. The molecule has 0 bridgehead atoms. The predicted octanol–water partition coefficient (Wildman–Crippen LogP) is 1.35. The molecule has 1 aliphatic heterocycles. The van der Waals surface area contributed by atoms with Crippen LogP contribution in [0.2, 0.25) is 0 Å². The van der Waals surface area contributed by atoms with Gasteiger partial charge in [-0.1, -0.05) is 18.5 Å². The van der Waals surface area contributed by atoms with Gasteiger partial charge in [0, 0.05) is 19.6 Å². The lowest BCUT2D eigenvalue weighted by molar-refractivity contribution is 0.151. The summed E-state index contributed by atoms with van der Waals surface area (Å²) in [4.78, 5) is 4.30. The Kier molecular flexibility index (Phi) is 4.50. The van der Waals surface area contributed by atoms with Crippen LogP contribution in [-0.4, -0.2) is 34.6 Å². The molecule has 1 saturated heterocycles. The van der Waals surface area contributed by atoms with E-state index in [1.807, 2.05) is 6.92 Å². The van der Waals surface area contributed by atoms with Gasteiger partial charge in [0.1, 0.15) is 0 Å². The quantitative estimate of drug-likeness (QED) is 0.813. The summed E-state index contributed by atoms with van der Waals surface area (Å²) in [6.07, 6.45) is 3.70. The number of ether oxygens (including phenoxy) is 1. The first-order valence-corrected chi connectivity index (χ1v) is 6.35. The van der Waals surface area contributed by atoms with Crippen molar-refractivity contribution < 1.29 is 14.4 Å². The molecule has 0 spiro atoms. The molecule has 17 heavy (non-hydrogen) atoms. The first-order chi connectivity index (χ1) is 8.28. The molecular weight excluding hydrogens is 220 g/mol. The van der Waals surface area contributed by atoms with Crippen LogP contribution in [0, 0.1) is 5.92 Å². The van der Waals surface area contributed by atoms with Crippen LogP contribution < -0.4 is 0 Å². The van der Waals surface area contributed by atoms with Crippen molar-refractivity contribution in [2.75, 3.05) is 13.2 Å². The van der Waals surface area contributed by atoms with Gasteiger partial charge in [0.05, 0.1) is 12.5 Å². The van der Waals surface area contributed by atoms with Crippen LogP contribution in [0.25, 0.3) is 0 Å². The van der Waals surface area contributed by atoms with Crippen molar-refractivity contribution in [2.45, 2.75) is 45.1 Å². The largest absolute Gasteiger partial charge is 0.393 e. The van der Waals surface area contributed by atoms with E-state index in [1.54, 1.807) is 0 Å². The van der Waals surface area contributed by atoms with Crippen LogP contribution >= 0.6 is 0 Å².